The molecule has 5 heteroatoms. The molecule has 0 radical (unpaired) electrons. The van der Waals surface area contributed by atoms with Gasteiger partial charge in [0.25, 0.3) is 0 Å². The molecule has 2 heterocycles. The van der Waals surface area contributed by atoms with Crippen molar-refractivity contribution >= 4 is 21.7 Å². The Morgan fingerprint density at radius 3 is 2.67 bits per heavy atom. The summed E-state index contributed by atoms with van der Waals surface area (Å²) >= 11 is 3.39. The first-order valence-corrected chi connectivity index (χ1v) is 7.55. The van der Waals surface area contributed by atoms with Gasteiger partial charge in [-0.25, -0.2) is 4.98 Å². The van der Waals surface area contributed by atoms with Crippen LogP contribution in [0.4, 0.5) is 5.82 Å². The molecular formula is C13H20BrN3O. The van der Waals surface area contributed by atoms with Gasteiger partial charge < -0.3 is 9.64 Å². The average Bonchev–Trinajstić information content (AvgIpc) is 2.40. The van der Waals surface area contributed by atoms with Crippen molar-refractivity contribution < 1.29 is 4.74 Å². The Bertz CT molecular complexity index is 392. The predicted molar refractivity (Wildman–Crippen MR) is 76.5 cm³/mol. The van der Waals surface area contributed by atoms with E-state index in [0.29, 0.717) is 6.10 Å². The number of aromatic nitrogens is 2. The Kier molecular flexibility index (Phi) is 4.95. The normalized spacial score (nSPS) is 17.2. The van der Waals surface area contributed by atoms with Crippen molar-refractivity contribution in [3.8, 4) is 0 Å². The Morgan fingerprint density at radius 1 is 1.33 bits per heavy atom. The zero-order valence-corrected chi connectivity index (χ0v) is 12.6. The van der Waals surface area contributed by atoms with Crippen LogP contribution in [-0.2, 0) is 4.74 Å². The first-order valence-electron chi connectivity index (χ1n) is 6.43. The first-order chi connectivity index (χ1) is 8.70. The Hall–Kier alpha value is -0.680. The largest absolute Gasteiger partial charge is 0.377 e. The van der Waals surface area contributed by atoms with Crippen molar-refractivity contribution in [2.75, 3.05) is 29.9 Å². The van der Waals surface area contributed by atoms with E-state index in [2.05, 4.69) is 30.8 Å². The van der Waals surface area contributed by atoms with E-state index < -0.39 is 0 Å². The number of alkyl halides is 1. The fourth-order valence-corrected chi connectivity index (χ4v) is 2.33. The maximum absolute atomic E-state index is 5.75. The molecule has 0 aliphatic carbocycles. The van der Waals surface area contributed by atoms with Crippen molar-refractivity contribution in [1.82, 2.24) is 9.97 Å². The lowest BCUT2D eigenvalue weighted by atomic mass is 10.1. The minimum absolute atomic E-state index is 0.401. The molecule has 4 nitrogen and oxygen atoms in total. The van der Waals surface area contributed by atoms with Gasteiger partial charge in [-0.05, 0) is 26.7 Å². The van der Waals surface area contributed by atoms with Crippen LogP contribution >= 0.6 is 15.9 Å². The highest BCUT2D eigenvalue weighted by atomic mass is 79.9. The number of hydrogen-bond donors (Lipinski definition) is 0. The summed E-state index contributed by atoms with van der Waals surface area (Å²) < 4.78 is 5.75. The van der Waals surface area contributed by atoms with Crippen molar-refractivity contribution in [1.29, 1.82) is 0 Å². The molecule has 1 saturated heterocycles. The quantitative estimate of drug-likeness (QED) is 0.800. The van der Waals surface area contributed by atoms with Gasteiger partial charge in [0.15, 0.2) is 0 Å². The second kappa shape index (κ2) is 6.48. The fraction of sp³-hybridized carbons (Fsp3) is 0.692. The maximum atomic E-state index is 5.75. The number of halogens is 1. The van der Waals surface area contributed by atoms with Crippen molar-refractivity contribution in [3.63, 3.8) is 0 Å². The number of hydrogen-bond acceptors (Lipinski definition) is 4. The highest BCUT2D eigenvalue weighted by molar-refractivity contribution is 9.09. The molecule has 0 amide bonds. The van der Waals surface area contributed by atoms with E-state index in [1.165, 1.54) is 0 Å². The number of piperidine rings is 1. The summed E-state index contributed by atoms with van der Waals surface area (Å²) in [6.45, 7) is 6.81. The second-order valence-electron chi connectivity index (χ2n) is 4.65. The van der Waals surface area contributed by atoms with Crippen LogP contribution < -0.4 is 4.90 Å². The summed E-state index contributed by atoms with van der Waals surface area (Å²) in [6, 6.07) is 0. The standard InChI is InChI=1S/C13H20BrN3O/c1-10-11(2)16-13(9-15-10)17-6-3-12(4-7-17)18-8-5-14/h9,12H,3-8H2,1-2H3. The van der Waals surface area contributed by atoms with Crippen LogP contribution in [0.3, 0.4) is 0 Å². The molecule has 2 rings (SSSR count). The lowest BCUT2D eigenvalue weighted by Gasteiger charge is -2.32. The molecule has 0 spiro atoms. The molecule has 100 valence electrons. The number of aryl methyl sites for hydroxylation is 2. The van der Waals surface area contributed by atoms with Gasteiger partial charge >= 0.3 is 0 Å². The maximum Gasteiger partial charge on any atom is 0.147 e. The molecule has 0 saturated carbocycles. The van der Waals surface area contributed by atoms with E-state index in [1.807, 2.05) is 20.0 Å². The number of ether oxygens (including phenoxy) is 1. The van der Waals surface area contributed by atoms with Crippen molar-refractivity contribution in [2.45, 2.75) is 32.8 Å². The van der Waals surface area contributed by atoms with Crippen molar-refractivity contribution in [3.05, 3.63) is 17.6 Å². The average molecular weight is 314 g/mol. The zero-order chi connectivity index (χ0) is 13.0. The van der Waals surface area contributed by atoms with Crippen LogP contribution in [0, 0.1) is 13.8 Å². The minimum atomic E-state index is 0.401. The summed E-state index contributed by atoms with van der Waals surface area (Å²) in [4.78, 5) is 11.3. The molecule has 1 aliphatic heterocycles. The number of rotatable bonds is 4. The van der Waals surface area contributed by atoms with Gasteiger partial charge in [0.2, 0.25) is 0 Å². The number of nitrogens with zero attached hydrogens (tertiary/aromatic N) is 3. The SMILES string of the molecule is Cc1ncc(N2CCC(OCCBr)CC2)nc1C. The molecular weight excluding hydrogens is 294 g/mol. The molecule has 1 aliphatic rings. The summed E-state index contributed by atoms with van der Waals surface area (Å²) in [5.74, 6) is 0.997. The Balaban J connectivity index is 1.90. The van der Waals surface area contributed by atoms with Crippen LogP contribution in [0.2, 0.25) is 0 Å². The summed E-state index contributed by atoms with van der Waals surface area (Å²) in [6.07, 6.45) is 4.42. The fourth-order valence-electron chi connectivity index (χ4n) is 2.14. The molecule has 18 heavy (non-hydrogen) atoms. The summed E-state index contributed by atoms with van der Waals surface area (Å²) in [5, 5.41) is 0.913. The molecule has 1 aromatic rings. The van der Waals surface area contributed by atoms with Gasteiger partial charge in [-0.2, -0.15) is 0 Å². The van der Waals surface area contributed by atoms with Crippen LogP contribution in [0.1, 0.15) is 24.2 Å². The number of anilines is 1. The van der Waals surface area contributed by atoms with Crippen LogP contribution in [0.25, 0.3) is 0 Å². The molecule has 0 N–H and O–H groups in total. The van der Waals surface area contributed by atoms with Gasteiger partial charge in [0, 0.05) is 18.4 Å². The van der Waals surface area contributed by atoms with E-state index in [9.17, 15) is 0 Å². The highest BCUT2D eigenvalue weighted by Crippen LogP contribution is 2.19. The zero-order valence-electron chi connectivity index (χ0n) is 11.0. The monoisotopic (exact) mass is 313 g/mol. The van der Waals surface area contributed by atoms with Crippen LogP contribution in [0.15, 0.2) is 6.20 Å². The van der Waals surface area contributed by atoms with E-state index >= 15 is 0 Å². The summed E-state index contributed by atoms with van der Waals surface area (Å²) in [7, 11) is 0. The Labute approximate surface area is 117 Å². The van der Waals surface area contributed by atoms with Gasteiger partial charge in [-0.3, -0.25) is 4.98 Å². The third-order valence-electron chi connectivity index (χ3n) is 3.38. The van der Waals surface area contributed by atoms with E-state index in [1.54, 1.807) is 0 Å². The third kappa shape index (κ3) is 3.42. The minimum Gasteiger partial charge on any atom is -0.377 e. The smallest absolute Gasteiger partial charge is 0.147 e. The highest BCUT2D eigenvalue weighted by Gasteiger charge is 2.20. The van der Waals surface area contributed by atoms with Crippen molar-refractivity contribution in [2.24, 2.45) is 0 Å². The topological polar surface area (TPSA) is 38.2 Å². The predicted octanol–water partition coefficient (Wildman–Crippen LogP) is 2.47. The first kappa shape index (κ1) is 13.7. The van der Waals surface area contributed by atoms with Crippen LogP contribution in [0.5, 0.6) is 0 Å². The van der Waals surface area contributed by atoms with Gasteiger partial charge in [0.1, 0.15) is 5.82 Å². The molecule has 1 fully saturated rings. The lowest BCUT2D eigenvalue weighted by Crippen LogP contribution is -2.37. The Morgan fingerprint density at radius 2 is 2.06 bits per heavy atom. The van der Waals surface area contributed by atoms with Crippen LogP contribution in [-0.4, -0.2) is 41.1 Å². The molecule has 1 aromatic heterocycles. The van der Waals surface area contributed by atoms with Gasteiger partial charge in [0.05, 0.1) is 30.3 Å². The molecule has 0 aromatic carbocycles. The summed E-state index contributed by atoms with van der Waals surface area (Å²) in [5.41, 5.74) is 2.03. The van der Waals surface area contributed by atoms with E-state index in [4.69, 9.17) is 4.74 Å². The van der Waals surface area contributed by atoms with E-state index in [0.717, 1.165) is 55.1 Å². The molecule has 0 atom stereocenters. The van der Waals surface area contributed by atoms with E-state index in [-0.39, 0.29) is 0 Å². The second-order valence-corrected chi connectivity index (χ2v) is 5.44. The van der Waals surface area contributed by atoms with Gasteiger partial charge in [-0.15, -0.1) is 0 Å². The third-order valence-corrected chi connectivity index (χ3v) is 3.70. The molecule has 0 bridgehead atoms. The lowest BCUT2D eigenvalue weighted by molar-refractivity contribution is 0.0480. The van der Waals surface area contributed by atoms with Gasteiger partial charge in [-0.1, -0.05) is 15.9 Å². The molecule has 0 unspecified atom stereocenters.